The molecule has 0 radical (unpaired) electrons. The molecule has 0 aromatic heterocycles. The summed E-state index contributed by atoms with van der Waals surface area (Å²) in [6.07, 6.45) is 1.66. The number of piperidine rings is 1. The Balaban J connectivity index is 2.05. The molecule has 2 rings (SSSR count). The maximum atomic E-state index is 13.1. The van der Waals surface area contributed by atoms with Gasteiger partial charge in [-0.2, -0.15) is 0 Å². The second-order valence-corrected chi connectivity index (χ2v) is 5.65. The molecule has 1 heterocycles. The molecule has 0 bridgehead atoms. The highest BCUT2D eigenvalue weighted by Gasteiger charge is 2.26. The van der Waals surface area contributed by atoms with Gasteiger partial charge in [-0.1, -0.05) is 0 Å². The predicted molar refractivity (Wildman–Crippen MR) is 70.3 cm³/mol. The number of hydrogen-bond acceptors (Lipinski definition) is 1. The van der Waals surface area contributed by atoms with E-state index in [1.165, 1.54) is 0 Å². The van der Waals surface area contributed by atoms with E-state index in [1.54, 1.807) is 4.90 Å². The Bertz CT molecular complexity index is 450. The number of halogens is 3. The van der Waals surface area contributed by atoms with Crippen molar-refractivity contribution in [2.45, 2.75) is 25.1 Å². The molecule has 19 heavy (non-hydrogen) atoms. The third-order valence-corrected chi connectivity index (χ3v) is 3.94. The topological polar surface area (TPSA) is 20.3 Å². The van der Waals surface area contributed by atoms with Crippen molar-refractivity contribution in [3.8, 4) is 0 Å². The van der Waals surface area contributed by atoms with Crippen molar-refractivity contribution in [3.63, 3.8) is 0 Å². The van der Waals surface area contributed by atoms with Crippen LogP contribution in [-0.2, 0) is 0 Å². The van der Waals surface area contributed by atoms with Gasteiger partial charge >= 0.3 is 0 Å². The van der Waals surface area contributed by atoms with Gasteiger partial charge in [0.1, 0.15) is 11.6 Å². The lowest BCUT2D eigenvalue weighted by Gasteiger charge is -2.33. The minimum absolute atomic E-state index is 0.0647. The third kappa shape index (κ3) is 3.44. The van der Waals surface area contributed by atoms with Gasteiger partial charge in [-0.25, -0.2) is 8.78 Å². The Morgan fingerprint density at radius 2 is 1.79 bits per heavy atom. The maximum absolute atomic E-state index is 13.1. The minimum Gasteiger partial charge on any atom is -0.339 e. The fourth-order valence-corrected chi connectivity index (χ4v) is 2.67. The average Bonchev–Trinajstić information content (AvgIpc) is 2.37. The summed E-state index contributed by atoms with van der Waals surface area (Å²) < 4.78 is 26.2. The Morgan fingerprint density at radius 1 is 1.26 bits per heavy atom. The maximum Gasteiger partial charge on any atom is 0.254 e. The van der Waals surface area contributed by atoms with Crippen molar-refractivity contribution in [1.82, 2.24) is 4.90 Å². The molecule has 1 atom stereocenters. The number of benzene rings is 1. The molecular formula is C14H16ClF2NO. The predicted octanol–water partition coefficient (Wildman–Crippen LogP) is 3.44. The molecule has 2 nitrogen and oxygen atoms in total. The van der Waals surface area contributed by atoms with Crippen LogP contribution in [0.3, 0.4) is 0 Å². The highest BCUT2D eigenvalue weighted by Crippen LogP contribution is 2.25. The highest BCUT2D eigenvalue weighted by molar-refractivity contribution is 6.20. The number of carbonyl (C=O) groups is 1. The molecule has 5 heteroatoms. The molecule has 1 saturated heterocycles. The van der Waals surface area contributed by atoms with Crippen molar-refractivity contribution in [1.29, 1.82) is 0 Å². The van der Waals surface area contributed by atoms with E-state index in [4.69, 9.17) is 11.6 Å². The van der Waals surface area contributed by atoms with Crippen LogP contribution in [0, 0.1) is 17.6 Å². The number of carbonyl (C=O) groups excluding carboxylic acids is 1. The van der Waals surface area contributed by atoms with E-state index in [-0.39, 0.29) is 16.8 Å². The minimum atomic E-state index is -0.729. The van der Waals surface area contributed by atoms with E-state index in [9.17, 15) is 13.6 Å². The van der Waals surface area contributed by atoms with E-state index >= 15 is 0 Å². The van der Waals surface area contributed by atoms with Gasteiger partial charge in [0, 0.05) is 30.1 Å². The molecule has 1 aliphatic heterocycles. The van der Waals surface area contributed by atoms with Crippen LogP contribution in [0.4, 0.5) is 8.78 Å². The molecule has 104 valence electrons. The van der Waals surface area contributed by atoms with Gasteiger partial charge in [0.15, 0.2) is 0 Å². The fourth-order valence-electron chi connectivity index (χ4n) is 2.42. The lowest BCUT2D eigenvalue weighted by Crippen LogP contribution is -2.40. The van der Waals surface area contributed by atoms with Gasteiger partial charge in [-0.15, -0.1) is 11.6 Å². The molecule has 1 amide bonds. The number of alkyl halides is 1. The second kappa shape index (κ2) is 5.87. The number of amides is 1. The molecule has 0 N–H and O–H groups in total. The molecule has 1 aromatic carbocycles. The normalized spacial score (nSPS) is 18.4. The zero-order valence-electron chi connectivity index (χ0n) is 10.7. The third-order valence-electron chi connectivity index (χ3n) is 3.59. The summed E-state index contributed by atoms with van der Waals surface area (Å²) in [5.74, 6) is -1.38. The van der Waals surface area contributed by atoms with Crippen molar-refractivity contribution < 1.29 is 13.6 Å². The number of hydrogen-bond donors (Lipinski definition) is 0. The quantitative estimate of drug-likeness (QED) is 0.763. The Kier molecular flexibility index (Phi) is 4.40. The molecule has 1 aromatic rings. The van der Waals surface area contributed by atoms with Crippen LogP contribution in [0.25, 0.3) is 0 Å². The van der Waals surface area contributed by atoms with Crippen molar-refractivity contribution >= 4 is 17.5 Å². The number of likely N-dealkylation sites (tertiary alicyclic amines) is 1. The summed E-state index contributed by atoms with van der Waals surface area (Å²) in [7, 11) is 0. The summed E-state index contributed by atoms with van der Waals surface area (Å²) in [6.45, 7) is 3.11. The second-order valence-electron chi connectivity index (χ2n) is 4.97. The molecule has 0 spiro atoms. The van der Waals surface area contributed by atoms with Gasteiger partial charge in [-0.3, -0.25) is 4.79 Å². The van der Waals surface area contributed by atoms with E-state index < -0.39 is 11.6 Å². The first-order chi connectivity index (χ1) is 8.97. The largest absolute Gasteiger partial charge is 0.339 e. The molecule has 1 unspecified atom stereocenters. The Hall–Kier alpha value is -1.16. The van der Waals surface area contributed by atoms with Crippen LogP contribution in [-0.4, -0.2) is 29.3 Å². The number of rotatable bonds is 2. The molecule has 0 saturated carbocycles. The molecular weight excluding hydrogens is 272 g/mol. The zero-order valence-corrected chi connectivity index (χ0v) is 11.5. The summed E-state index contributed by atoms with van der Waals surface area (Å²) in [4.78, 5) is 13.8. The number of nitrogens with zero attached hydrogens (tertiary/aromatic N) is 1. The van der Waals surface area contributed by atoms with E-state index in [2.05, 4.69) is 0 Å². The summed E-state index contributed by atoms with van der Waals surface area (Å²) >= 11 is 6.04. The summed E-state index contributed by atoms with van der Waals surface area (Å²) in [5, 5.41) is 0.0869. The van der Waals surface area contributed by atoms with Crippen LogP contribution in [0.5, 0.6) is 0 Å². The first-order valence-corrected chi connectivity index (χ1v) is 6.80. The smallest absolute Gasteiger partial charge is 0.254 e. The van der Waals surface area contributed by atoms with Gasteiger partial charge in [0.2, 0.25) is 0 Å². The van der Waals surface area contributed by atoms with Crippen LogP contribution in [0.2, 0.25) is 0 Å². The first kappa shape index (κ1) is 14.3. The fraction of sp³-hybridized carbons (Fsp3) is 0.500. The van der Waals surface area contributed by atoms with E-state index in [0.29, 0.717) is 19.0 Å². The molecule has 1 fully saturated rings. The van der Waals surface area contributed by atoms with Crippen LogP contribution >= 0.6 is 11.6 Å². The van der Waals surface area contributed by atoms with Gasteiger partial charge < -0.3 is 4.90 Å². The monoisotopic (exact) mass is 287 g/mol. The van der Waals surface area contributed by atoms with Crippen molar-refractivity contribution in [2.24, 2.45) is 5.92 Å². The van der Waals surface area contributed by atoms with Gasteiger partial charge in [0.25, 0.3) is 5.91 Å². The Morgan fingerprint density at radius 3 is 2.26 bits per heavy atom. The lowest BCUT2D eigenvalue weighted by atomic mass is 9.93. The zero-order chi connectivity index (χ0) is 14.0. The highest BCUT2D eigenvalue weighted by atomic mass is 35.5. The molecule has 1 aliphatic rings. The standard InChI is InChI=1S/C14H16ClF2NO/c1-9(15)10-2-4-18(5-3-10)14(19)11-6-12(16)8-13(17)7-11/h6-10H,2-5H2,1H3. The van der Waals surface area contributed by atoms with E-state index in [0.717, 1.165) is 31.0 Å². The van der Waals surface area contributed by atoms with Crippen LogP contribution in [0.15, 0.2) is 18.2 Å². The van der Waals surface area contributed by atoms with E-state index in [1.807, 2.05) is 6.92 Å². The van der Waals surface area contributed by atoms with Crippen molar-refractivity contribution in [2.75, 3.05) is 13.1 Å². The lowest BCUT2D eigenvalue weighted by molar-refractivity contribution is 0.0689. The summed E-state index contributed by atoms with van der Waals surface area (Å²) in [6, 6.07) is 2.90. The van der Waals surface area contributed by atoms with Crippen LogP contribution < -0.4 is 0 Å². The average molecular weight is 288 g/mol. The Labute approximate surface area is 116 Å². The van der Waals surface area contributed by atoms with Crippen LogP contribution in [0.1, 0.15) is 30.1 Å². The van der Waals surface area contributed by atoms with Gasteiger partial charge in [0.05, 0.1) is 0 Å². The first-order valence-electron chi connectivity index (χ1n) is 6.37. The summed E-state index contributed by atoms with van der Waals surface area (Å²) in [5.41, 5.74) is 0.0647. The van der Waals surface area contributed by atoms with Crippen molar-refractivity contribution in [3.05, 3.63) is 35.4 Å². The van der Waals surface area contributed by atoms with Gasteiger partial charge in [-0.05, 0) is 37.8 Å². The SMILES string of the molecule is CC(Cl)C1CCN(C(=O)c2cc(F)cc(F)c2)CC1. The molecule has 0 aliphatic carbocycles.